The number of rotatable bonds is 7. The van der Waals surface area contributed by atoms with Crippen molar-refractivity contribution in [2.45, 2.75) is 19.3 Å². The van der Waals surface area contributed by atoms with E-state index in [2.05, 4.69) is 10.3 Å². The number of carbonyl (C=O) groups excluding carboxylic acids is 3. The van der Waals surface area contributed by atoms with Crippen LogP contribution in [0, 0.1) is 0 Å². The van der Waals surface area contributed by atoms with Crippen molar-refractivity contribution in [3.05, 3.63) is 71.9 Å². The van der Waals surface area contributed by atoms with Crippen molar-refractivity contribution in [1.29, 1.82) is 0 Å². The van der Waals surface area contributed by atoms with Gasteiger partial charge in [0.1, 0.15) is 5.69 Å². The van der Waals surface area contributed by atoms with Crippen LogP contribution in [-0.2, 0) is 16.0 Å². The highest BCUT2D eigenvalue weighted by Crippen LogP contribution is 2.17. The summed E-state index contributed by atoms with van der Waals surface area (Å²) in [6, 6.07) is 19.6. The first-order valence-corrected chi connectivity index (χ1v) is 11.1. The maximum absolute atomic E-state index is 12.8. The number of nitrogens with zero attached hydrogens (tertiary/aromatic N) is 2. The second-order valence-electron chi connectivity index (χ2n) is 8.03. The first-order valence-electron chi connectivity index (χ1n) is 11.1. The van der Waals surface area contributed by atoms with Crippen molar-refractivity contribution in [2.24, 2.45) is 0 Å². The topological polar surface area (TPSA) is 85.5 Å². The third kappa shape index (κ3) is 5.35. The number of benzene rings is 2. The summed E-state index contributed by atoms with van der Waals surface area (Å²) in [5.74, 6) is -0.200. The lowest BCUT2D eigenvalue weighted by Crippen LogP contribution is -2.50. The molecule has 1 saturated heterocycles. The Kier molecular flexibility index (Phi) is 6.84. The van der Waals surface area contributed by atoms with Crippen LogP contribution < -0.4 is 5.32 Å². The van der Waals surface area contributed by atoms with Crippen molar-refractivity contribution in [3.63, 3.8) is 0 Å². The Morgan fingerprint density at radius 1 is 0.844 bits per heavy atom. The maximum atomic E-state index is 12.8. The van der Waals surface area contributed by atoms with Gasteiger partial charge in [0.2, 0.25) is 11.8 Å². The zero-order chi connectivity index (χ0) is 22.3. The smallest absolute Gasteiger partial charge is 0.270 e. The summed E-state index contributed by atoms with van der Waals surface area (Å²) >= 11 is 0. The van der Waals surface area contributed by atoms with Crippen molar-refractivity contribution in [3.8, 4) is 0 Å². The zero-order valence-electron chi connectivity index (χ0n) is 18.0. The van der Waals surface area contributed by atoms with Gasteiger partial charge in [-0.2, -0.15) is 0 Å². The summed E-state index contributed by atoms with van der Waals surface area (Å²) in [4.78, 5) is 44.0. The van der Waals surface area contributed by atoms with E-state index >= 15 is 0 Å². The summed E-state index contributed by atoms with van der Waals surface area (Å²) < 4.78 is 0. The van der Waals surface area contributed by atoms with Crippen LogP contribution in [0.15, 0.2) is 60.7 Å². The predicted octanol–water partition coefficient (Wildman–Crippen LogP) is 2.59. The molecule has 0 saturated carbocycles. The second-order valence-corrected chi connectivity index (χ2v) is 8.03. The van der Waals surface area contributed by atoms with Gasteiger partial charge in [0.25, 0.3) is 5.91 Å². The highest BCUT2D eigenvalue weighted by Gasteiger charge is 2.25. The molecule has 2 aromatic carbocycles. The molecule has 1 aliphatic rings. The summed E-state index contributed by atoms with van der Waals surface area (Å²) in [7, 11) is 0. The molecule has 166 valence electrons. The number of nitrogens with one attached hydrogen (secondary N) is 2. The van der Waals surface area contributed by atoms with E-state index in [1.807, 2.05) is 60.7 Å². The average Bonchev–Trinajstić information content (AvgIpc) is 3.27. The van der Waals surface area contributed by atoms with Gasteiger partial charge in [0.05, 0.1) is 0 Å². The number of aromatic nitrogens is 1. The third-order valence-corrected chi connectivity index (χ3v) is 5.82. The summed E-state index contributed by atoms with van der Waals surface area (Å²) in [6.45, 7) is 2.51. The maximum Gasteiger partial charge on any atom is 0.270 e. The van der Waals surface area contributed by atoms with Crippen LogP contribution in [0.3, 0.4) is 0 Å². The van der Waals surface area contributed by atoms with Crippen LogP contribution in [-0.4, -0.2) is 65.2 Å². The van der Waals surface area contributed by atoms with Crippen LogP contribution in [0.4, 0.5) is 0 Å². The Bertz CT molecular complexity index is 1050. The number of amides is 3. The molecule has 0 spiro atoms. The normalized spacial score (nSPS) is 13.9. The first-order chi connectivity index (χ1) is 15.6. The van der Waals surface area contributed by atoms with E-state index in [1.165, 1.54) is 5.56 Å². The van der Waals surface area contributed by atoms with E-state index in [4.69, 9.17) is 0 Å². The molecule has 7 nitrogen and oxygen atoms in total. The lowest BCUT2D eigenvalue weighted by molar-refractivity contribution is -0.134. The largest absolute Gasteiger partial charge is 0.356 e. The van der Waals surface area contributed by atoms with Gasteiger partial charge in [-0.05, 0) is 24.1 Å². The molecule has 0 radical (unpaired) electrons. The van der Waals surface area contributed by atoms with E-state index in [0.717, 1.165) is 17.3 Å². The van der Waals surface area contributed by atoms with Gasteiger partial charge in [-0.3, -0.25) is 14.4 Å². The number of carbonyl (C=O) groups is 3. The Morgan fingerprint density at radius 2 is 1.53 bits per heavy atom. The Labute approximate surface area is 187 Å². The van der Waals surface area contributed by atoms with Gasteiger partial charge in [0.15, 0.2) is 0 Å². The standard InChI is InChI=1S/C25H28N4O3/c30-23(26-13-12-19-6-2-1-3-7-19)10-11-24(31)28-14-16-29(17-15-28)25(32)22-18-20-8-4-5-9-21(20)27-22/h1-9,18,27H,10-17H2,(H,26,30). The number of hydrogen-bond donors (Lipinski definition) is 2. The minimum absolute atomic E-state index is 0.0408. The van der Waals surface area contributed by atoms with Crippen LogP contribution in [0.1, 0.15) is 28.9 Å². The van der Waals surface area contributed by atoms with Crippen molar-refractivity contribution in [2.75, 3.05) is 32.7 Å². The number of fused-ring (bicyclic) bond motifs is 1. The van der Waals surface area contributed by atoms with Gasteiger partial charge < -0.3 is 20.1 Å². The molecule has 32 heavy (non-hydrogen) atoms. The minimum atomic E-state index is -0.109. The van der Waals surface area contributed by atoms with Gasteiger partial charge >= 0.3 is 0 Å². The fourth-order valence-electron chi connectivity index (χ4n) is 3.98. The number of para-hydroxylation sites is 1. The fraction of sp³-hybridized carbons (Fsp3) is 0.320. The summed E-state index contributed by atoms with van der Waals surface area (Å²) in [6.07, 6.45) is 1.14. The molecule has 0 bridgehead atoms. The number of piperazine rings is 1. The van der Waals surface area contributed by atoms with Crippen LogP contribution >= 0.6 is 0 Å². The summed E-state index contributed by atoms with van der Waals surface area (Å²) in [5.41, 5.74) is 2.67. The zero-order valence-corrected chi connectivity index (χ0v) is 18.0. The van der Waals surface area contributed by atoms with Crippen molar-refractivity contribution < 1.29 is 14.4 Å². The molecular formula is C25H28N4O3. The van der Waals surface area contributed by atoms with Crippen LogP contribution in [0.5, 0.6) is 0 Å². The van der Waals surface area contributed by atoms with Gasteiger partial charge in [-0.1, -0.05) is 48.5 Å². The van der Waals surface area contributed by atoms with Gasteiger partial charge in [0, 0.05) is 56.5 Å². The number of aromatic amines is 1. The molecule has 4 rings (SSSR count). The highest BCUT2D eigenvalue weighted by molar-refractivity contribution is 5.98. The SMILES string of the molecule is O=C(CCC(=O)N1CCN(C(=O)c2cc3ccccc3[nH]2)CC1)NCCc1ccccc1. The lowest BCUT2D eigenvalue weighted by atomic mass is 10.1. The fourth-order valence-corrected chi connectivity index (χ4v) is 3.98. The van der Waals surface area contributed by atoms with Crippen molar-refractivity contribution in [1.82, 2.24) is 20.1 Å². The Morgan fingerprint density at radius 3 is 2.28 bits per heavy atom. The monoisotopic (exact) mass is 432 g/mol. The lowest BCUT2D eigenvalue weighted by Gasteiger charge is -2.34. The molecule has 3 aromatic rings. The molecule has 0 aliphatic carbocycles. The highest BCUT2D eigenvalue weighted by atomic mass is 16.2. The van der Waals surface area contributed by atoms with E-state index in [9.17, 15) is 14.4 Å². The summed E-state index contributed by atoms with van der Waals surface area (Å²) in [5, 5.41) is 3.88. The second kappa shape index (κ2) is 10.1. The number of hydrogen-bond acceptors (Lipinski definition) is 3. The van der Waals surface area contributed by atoms with E-state index in [1.54, 1.807) is 9.80 Å². The molecule has 1 aliphatic heterocycles. The minimum Gasteiger partial charge on any atom is -0.356 e. The molecule has 2 heterocycles. The molecule has 7 heteroatoms. The van der Waals surface area contributed by atoms with E-state index < -0.39 is 0 Å². The Balaban J connectivity index is 1.18. The number of H-pyrrole nitrogens is 1. The molecule has 1 fully saturated rings. The molecule has 3 amide bonds. The Hall–Kier alpha value is -3.61. The quantitative estimate of drug-likeness (QED) is 0.602. The molecule has 0 atom stereocenters. The molecular weight excluding hydrogens is 404 g/mol. The van der Waals surface area contributed by atoms with Gasteiger partial charge in [-0.15, -0.1) is 0 Å². The van der Waals surface area contributed by atoms with Crippen LogP contribution in [0.2, 0.25) is 0 Å². The molecule has 0 unspecified atom stereocenters. The van der Waals surface area contributed by atoms with Crippen LogP contribution in [0.25, 0.3) is 10.9 Å². The van der Waals surface area contributed by atoms with E-state index in [0.29, 0.717) is 38.4 Å². The van der Waals surface area contributed by atoms with Gasteiger partial charge in [-0.25, -0.2) is 0 Å². The van der Waals surface area contributed by atoms with Crippen molar-refractivity contribution >= 4 is 28.6 Å². The van der Waals surface area contributed by atoms with E-state index in [-0.39, 0.29) is 30.6 Å². The first kappa shape index (κ1) is 21.6. The average molecular weight is 433 g/mol. The third-order valence-electron chi connectivity index (χ3n) is 5.82. The molecule has 1 aromatic heterocycles. The predicted molar refractivity (Wildman–Crippen MR) is 123 cm³/mol. The molecule has 2 N–H and O–H groups in total.